The van der Waals surface area contributed by atoms with Gasteiger partial charge in [0.15, 0.2) is 0 Å². The Morgan fingerprint density at radius 3 is 2.55 bits per heavy atom. The zero-order chi connectivity index (χ0) is 15.3. The zero-order valence-corrected chi connectivity index (χ0v) is 12.1. The third-order valence-electron chi connectivity index (χ3n) is 2.36. The molecular weight excluding hydrogens is 260 g/mol. The minimum atomic E-state index is -1.11. The highest BCUT2D eigenvalue weighted by Crippen LogP contribution is 2.09. The molecule has 0 aliphatic carbocycles. The van der Waals surface area contributed by atoms with Gasteiger partial charge in [-0.15, -0.1) is 0 Å². The van der Waals surface area contributed by atoms with E-state index in [1.165, 1.54) is 0 Å². The molecule has 0 saturated carbocycles. The highest BCUT2D eigenvalue weighted by molar-refractivity contribution is 5.80. The van der Waals surface area contributed by atoms with Gasteiger partial charge >= 0.3 is 12.1 Å². The Hall–Kier alpha value is -2.11. The van der Waals surface area contributed by atoms with Crippen molar-refractivity contribution >= 4 is 12.1 Å². The number of ether oxygens (including phenoxy) is 1. The lowest BCUT2D eigenvalue weighted by atomic mass is 10.1. The summed E-state index contributed by atoms with van der Waals surface area (Å²) in [4.78, 5) is 26.8. The fraction of sp³-hybridized carbons (Fsp3) is 0.500. The van der Waals surface area contributed by atoms with Gasteiger partial charge in [0.2, 0.25) is 0 Å². The molecule has 110 valence electrons. The smallest absolute Gasteiger partial charge is 0.408 e. The maximum absolute atomic E-state index is 11.6. The lowest BCUT2D eigenvalue weighted by Crippen LogP contribution is -2.44. The number of amides is 1. The van der Waals surface area contributed by atoms with Gasteiger partial charge in [-0.25, -0.2) is 9.59 Å². The first-order chi connectivity index (χ1) is 9.17. The largest absolute Gasteiger partial charge is 0.480 e. The number of aliphatic carboxylic acids is 1. The Labute approximate surface area is 118 Å². The number of carboxylic acid groups (broad SMARTS) is 1. The molecule has 0 radical (unpaired) electrons. The molecular formula is C14H20N2O4. The number of nitrogens with one attached hydrogen (secondary N) is 1. The Kier molecular flexibility index (Phi) is 5.07. The zero-order valence-electron chi connectivity index (χ0n) is 12.1. The average molecular weight is 280 g/mol. The molecule has 0 bridgehead atoms. The fourth-order valence-electron chi connectivity index (χ4n) is 1.61. The van der Waals surface area contributed by atoms with Gasteiger partial charge in [-0.05, 0) is 38.8 Å². The molecule has 0 saturated heterocycles. The third kappa shape index (κ3) is 5.69. The number of rotatable bonds is 4. The maximum atomic E-state index is 11.6. The van der Waals surface area contributed by atoms with Gasteiger partial charge in [0.25, 0.3) is 0 Å². The van der Waals surface area contributed by atoms with Crippen molar-refractivity contribution in [3.05, 3.63) is 29.6 Å². The monoisotopic (exact) mass is 280 g/mol. The van der Waals surface area contributed by atoms with Crippen molar-refractivity contribution in [2.45, 2.75) is 45.8 Å². The Morgan fingerprint density at radius 1 is 1.40 bits per heavy atom. The second-order valence-corrected chi connectivity index (χ2v) is 5.61. The summed E-state index contributed by atoms with van der Waals surface area (Å²) in [5, 5.41) is 11.5. The molecule has 0 spiro atoms. The average Bonchev–Trinajstić information content (AvgIpc) is 2.25. The molecule has 0 aliphatic heterocycles. The Morgan fingerprint density at radius 2 is 2.05 bits per heavy atom. The van der Waals surface area contributed by atoms with Gasteiger partial charge in [0.1, 0.15) is 11.6 Å². The summed E-state index contributed by atoms with van der Waals surface area (Å²) in [7, 11) is 0. The van der Waals surface area contributed by atoms with Crippen LogP contribution in [0.25, 0.3) is 0 Å². The molecule has 20 heavy (non-hydrogen) atoms. The van der Waals surface area contributed by atoms with Crippen molar-refractivity contribution in [2.75, 3.05) is 0 Å². The van der Waals surface area contributed by atoms with Crippen LogP contribution in [0.1, 0.15) is 31.9 Å². The van der Waals surface area contributed by atoms with E-state index >= 15 is 0 Å². The Balaban J connectivity index is 2.71. The molecule has 1 aromatic rings. The summed E-state index contributed by atoms with van der Waals surface area (Å²) in [5.41, 5.74) is 1.01. The fourth-order valence-corrected chi connectivity index (χ4v) is 1.61. The van der Waals surface area contributed by atoms with E-state index in [2.05, 4.69) is 10.3 Å². The summed E-state index contributed by atoms with van der Waals surface area (Å²) in [5.74, 6) is -1.11. The van der Waals surface area contributed by atoms with Crippen LogP contribution in [0, 0.1) is 6.92 Å². The predicted molar refractivity (Wildman–Crippen MR) is 73.5 cm³/mol. The molecule has 1 aromatic heterocycles. The molecule has 1 atom stereocenters. The number of carbonyl (C=O) groups excluding carboxylic acids is 1. The highest BCUT2D eigenvalue weighted by atomic mass is 16.6. The maximum Gasteiger partial charge on any atom is 0.408 e. The van der Waals surface area contributed by atoms with E-state index in [9.17, 15) is 9.59 Å². The van der Waals surface area contributed by atoms with E-state index in [0.717, 1.165) is 11.1 Å². The van der Waals surface area contributed by atoms with Crippen LogP contribution in [0.15, 0.2) is 18.5 Å². The first kappa shape index (κ1) is 15.9. The van der Waals surface area contributed by atoms with Crippen molar-refractivity contribution in [1.29, 1.82) is 0 Å². The number of aromatic nitrogens is 1. The summed E-state index contributed by atoms with van der Waals surface area (Å²) >= 11 is 0. The number of hydrogen-bond acceptors (Lipinski definition) is 4. The van der Waals surface area contributed by atoms with E-state index < -0.39 is 23.7 Å². The molecule has 2 N–H and O–H groups in total. The highest BCUT2D eigenvalue weighted by Gasteiger charge is 2.24. The van der Waals surface area contributed by atoms with E-state index in [0.29, 0.717) is 0 Å². The van der Waals surface area contributed by atoms with Gasteiger partial charge in [0, 0.05) is 18.8 Å². The van der Waals surface area contributed by atoms with Crippen molar-refractivity contribution in [2.24, 2.45) is 0 Å². The van der Waals surface area contributed by atoms with Crippen molar-refractivity contribution in [3.63, 3.8) is 0 Å². The lowest BCUT2D eigenvalue weighted by Gasteiger charge is -2.22. The Bertz CT molecular complexity index is 494. The molecule has 1 rings (SSSR count). The van der Waals surface area contributed by atoms with Crippen LogP contribution in [0.2, 0.25) is 0 Å². The number of nitrogens with zero attached hydrogens (tertiary/aromatic N) is 1. The van der Waals surface area contributed by atoms with E-state index in [1.54, 1.807) is 33.2 Å². The molecule has 1 heterocycles. The second-order valence-electron chi connectivity index (χ2n) is 5.61. The SMILES string of the molecule is Cc1cncc(CC(NC(=O)OC(C)(C)C)C(=O)O)c1. The molecule has 6 nitrogen and oxygen atoms in total. The van der Waals surface area contributed by atoms with Gasteiger partial charge < -0.3 is 15.2 Å². The number of hydrogen-bond donors (Lipinski definition) is 2. The first-order valence-corrected chi connectivity index (χ1v) is 6.30. The number of aryl methyl sites for hydroxylation is 1. The second kappa shape index (κ2) is 6.36. The minimum Gasteiger partial charge on any atom is -0.480 e. The van der Waals surface area contributed by atoms with Crippen LogP contribution >= 0.6 is 0 Å². The summed E-state index contributed by atoms with van der Waals surface area (Å²) in [6.45, 7) is 7.01. The van der Waals surface area contributed by atoms with Crippen LogP contribution in [0.5, 0.6) is 0 Å². The predicted octanol–water partition coefficient (Wildman–Crippen LogP) is 1.91. The summed E-state index contributed by atoms with van der Waals surface area (Å²) in [6.07, 6.45) is 2.68. The van der Waals surface area contributed by atoms with Gasteiger partial charge in [-0.2, -0.15) is 0 Å². The van der Waals surface area contributed by atoms with Crippen LogP contribution in [0.3, 0.4) is 0 Å². The quantitative estimate of drug-likeness (QED) is 0.879. The topological polar surface area (TPSA) is 88.5 Å². The van der Waals surface area contributed by atoms with Gasteiger partial charge in [0.05, 0.1) is 0 Å². The van der Waals surface area contributed by atoms with Gasteiger partial charge in [-0.1, -0.05) is 6.07 Å². The van der Waals surface area contributed by atoms with Crippen LogP contribution in [-0.4, -0.2) is 33.8 Å². The number of carboxylic acids is 1. The normalized spacial score (nSPS) is 12.6. The third-order valence-corrected chi connectivity index (χ3v) is 2.36. The van der Waals surface area contributed by atoms with E-state index in [1.807, 2.05) is 13.0 Å². The molecule has 6 heteroatoms. The molecule has 0 fully saturated rings. The molecule has 0 aromatic carbocycles. The molecule has 0 aliphatic rings. The molecule has 1 amide bonds. The van der Waals surface area contributed by atoms with E-state index in [-0.39, 0.29) is 6.42 Å². The van der Waals surface area contributed by atoms with Crippen molar-refractivity contribution in [3.8, 4) is 0 Å². The summed E-state index contributed by atoms with van der Waals surface area (Å²) < 4.78 is 5.05. The minimum absolute atomic E-state index is 0.156. The first-order valence-electron chi connectivity index (χ1n) is 6.30. The standard InChI is InChI=1S/C14H20N2O4/c1-9-5-10(8-15-7-9)6-11(12(17)18)16-13(19)20-14(2,3)4/h5,7-8,11H,6H2,1-4H3,(H,16,19)(H,17,18). The number of pyridine rings is 1. The number of alkyl carbamates (subject to hydrolysis) is 1. The van der Waals surface area contributed by atoms with Crippen LogP contribution in [-0.2, 0) is 16.0 Å². The van der Waals surface area contributed by atoms with E-state index in [4.69, 9.17) is 9.84 Å². The van der Waals surface area contributed by atoms with Crippen molar-refractivity contribution in [1.82, 2.24) is 10.3 Å². The molecule has 1 unspecified atom stereocenters. The van der Waals surface area contributed by atoms with Crippen molar-refractivity contribution < 1.29 is 19.4 Å². The van der Waals surface area contributed by atoms with Crippen LogP contribution in [0.4, 0.5) is 4.79 Å². The lowest BCUT2D eigenvalue weighted by molar-refractivity contribution is -0.139. The number of carbonyl (C=O) groups is 2. The van der Waals surface area contributed by atoms with Gasteiger partial charge in [-0.3, -0.25) is 4.98 Å². The van der Waals surface area contributed by atoms with Crippen LogP contribution < -0.4 is 5.32 Å². The summed E-state index contributed by atoms with van der Waals surface area (Å²) in [6, 6.07) is 0.785.